The van der Waals surface area contributed by atoms with E-state index in [1.807, 2.05) is 6.92 Å². The van der Waals surface area contributed by atoms with E-state index in [2.05, 4.69) is 31.2 Å². The second-order valence-electron chi connectivity index (χ2n) is 4.60. The first-order chi connectivity index (χ1) is 8.81. The summed E-state index contributed by atoms with van der Waals surface area (Å²) < 4.78 is 6.84. The summed E-state index contributed by atoms with van der Waals surface area (Å²) in [5.41, 5.74) is 0. The van der Waals surface area contributed by atoms with Crippen LogP contribution in [0, 0.1) is 0 Å². The van der Waals surface area contributed by atoms with Crippen LogP contribution in [0.2, 0.25) is 0 Å². The van der Waals surface area contributed by atoms with Gasteiger partial charge in [-0.05, 0) is 48.5 Å². The van der Waals surface area contributed by atoms with Crippen LogP contribution in [-0.2, 0) is 0 Å². The second kappa shape index (κ2) is 6.92. The number of nitrogens with one attached hydrogen (secondary N) is 1. The predicted molar refractivity (Wildman–Crippen MR) is 76.0 cm³/mol. The molecule has 2 rings (SSSR count). The molecule has 0 unspecified atom stereocenters. The number of hydrogen-bond acceptors (Lipinski definition) is 4. The highest BCUT2D eigenvalue weighted by molar-refractivity contribution is 9.10. The molecule has 1 fully saturated rings. The van der Waals surface area contributed by atoms with Gasteiger partial charge >= 0.3 is 0 Å². The Balaban J connectivity index is 2.05. The third-order valence-electron chi connectivity index (χ3n) is 3.18. The molecule has 5 heteroatoms. The molecule has 1 aliphatic carbocycles. The molecule has 0 spiro atoms. The fourth-order valence-electron chi connectivity index (χ4n) is 2.24. The number of ether oxygens (including phenoxy) is 1. The number of rotatable bonds is 4. The maximum absolute atomic E-state index is 6.02. The first-order valence-corrected chi connectivity index (χ1v) is 7.51. The Morgan fingerprint density at radius 2 is 2.00 bits per heavy atom. The largest absolute Gasteiger partial charge is 0.473 e. The van der Waals surface area contributed by atoms with Gasteiger partial charge in [0.25, 0.3) is 0 Å². The topological polar surface area (TPSA) is 47.0 Å². The van der Waals surface area contributed by atoms with E-state index >= 15 is 0 Å². The van der Waals surface area contributed by atoms with Gasteiger partial charge in [-0.3, -0.25) is 0 Å². The van der Waals surface area contributed by atoms with E-state index in [0.29, 0.717) is 12.0 Å². The Labute approximate surface area is 117 Å². The number of aromatic nitrogens is 2. The highest BCUT2D eigenvalue weighted by Gasteiger charge is 2.17. The molecule has 0 saturated heterocycles. The van der Waals surface area contributed by atoms with Crippen LogP contribution in [0.4, 0.5) is 5.82 Å². The van der Waals surface area contributed by atoms with Gasteiger partial charge in [0, 0.05) is 6.54 Å². The molecule has 0 bridgehead atoms. The lowest BCUT2D eigenvalue weighted by molar-refractivity contribution is 0.174. The standard InChI is InChI=1S/C13H20BrN3O/c1-2-15-12-11(14)13(17-9-16-12)18-10-7-5-3-4-6-8-10/h9-10H,2-8H2,1H3,(H,15,16,17). The van der Waals surface area contributed by atoms with E-state index in [1.54, 1.807) is 6.33 Å². The lowest BCUT2D eigenvalue weighted by atomic mass is 10.1. The van der Waals surface area contributed by atoms with Crippen LogP contribution >= 0.6 is 15.9 Å². The highest BCUT2D eigenvalue weighted by atomic mass is 79.9. The molecule has 1 aromatic rings. The first kappa shape index (κ1) is 13.6. The Bertz CT molecular complexity index is 378. The van der Waals surface area contributed by atoms with Crippen LogP contribution in [0.15, 0.2) is 10.8 Å². The molecular weight excluding hydrogens is 294 g/mol. The normalized spacial score (nSPS) is 17.2. The van der Waals surface area contributed by atoms with Crippen LogP contribution in [0.25, 0.3) is 0 Å². The van der Waals surface area contributed by atoms with Gasteiger partial charge in [0.05, 0.1) is 0 Å². The van der Waals surface area contributed by atoms with Crippen LogP contribution < -0.4 is 10.1 Å². The molecular formula is C13H20BrN3O. The smallest absolute Gasteiger partial charge is 0.233 e. The zero-order valence-corrected chi connectivity index (χ0v) is 12.4. The molecule has 0 radical (unpaired) electrons. The lowest BCUT2D eigenvalue weighted by Crippen LogP contribution is -2.16. The zero-order valence-electron chi connectivity index (χ0n) is 10.8. The summed E-state index contributed by atoms with van der Waals surface area (Å²) in [5.74, 6) is 1.46. The monoisotopic (exact) mass is 313 g/mol. The third-order valence-corrected chi connectivity index (χ3v) is 3.90. The number of nitrogens with zero attached hydrogens (tertiary/aromatic N) is 2. The maximum atomic E-state index is 6.02. The first-order valence-electron chi connectivity index (χ1n) is 6.72. The van der Waals surface area contributed by atoms with E-state index in [0.717, 1.165) is 29.7 Å². The molecule has 0 aromatic carbocycles. The van der Waals surface area contributed by atoms with Gasteiger partial charge in [0.2, 0.25) is 5.88 Å². The molecule has 1 N–H and O–H groups in total. The molecule has 1 aromatic heterocycles. The van der Waals surface area contributed by atoms with Crippen molar-refractivity contribution < 1.29 is 4.74 Å². The molecule has 0 aliphatic heterocycles. The van der Waals surface area contributed by atoms with Gasteiger partial charge in [0.15, 0.2) is 0 Å². The van der Waals surface area contributed by atoms with Crippen molar-refractivity contribution in [3.05, 3.63) is 10.8 Å². The molecule has 100 valence electrons. The summed E-state index contributed by atoms with van der Waals surface area (Å²) in [6.45, 7) is 2.87. The Kier molecular flexibility index (Phi) is 5.23. The second-order valence-corrected chi connectivity index (χ2v) is 5.40. The molecule has 1 heterocycles. The molecule has 0 atom stereocenters. The highest BCUT2D eigenvalue weighted by Crippen LogP contribution is 2.31. The number of hydrogen-bond donors (Lipinski definition) is 1. The minimum Gasteiger partial charge on any atom is -0.473 e. The maximum Gasteiger partial charge on any atom is 0.233 e. The van der Waals surface area contributed by atoms with Gasteiger partial charge in [-0.25, -0.2) is 9.97 Å². The Morgan fingerprint density at radius 3 is 2.67 bits per heavy atom. The molecule has 1 aliphatic rings. The van der Waals surface area contributed by atoms with E-state index in [4.69, 9.17) is 4.74 Å². The van der Waals surface area contributed by atoms with Gasteiger partial charge in [-0.2, -0.15) is 0 Å². The predicted octanol–water partition coefficient (Wildman–Crippen LogP) is 3.77. The Morgan fingerprint density at radius 1 is 1.28 bits per heavy atom. The summed E-state index contributed by atoms with van der Waals surface area (Å²) in [7, 11) is 0. The summed E-state index contributed by atoms with van der Waals surface area (Å²) in [4.78, 5) is 8.42. The van der Waals surface area contributed by atoms with Crippen LogP contribution in [-0.4, -0.2) is 22.6 Å². The minimum absolute atomic E-state index is 0.299. The summed E-state index contributed by atoms with van der Waals surface area (Å²) in [5, 5.41) is 3.19. The minimum atomic E-state index is 0.299. The lowest BCUT2D eigenvalue weighted by Gasteiger charge is -2.17. The summed E-state index contributed by atoms with van der Waals surface area (Å²) >= 11 is 3.52. The zero-order chi connectivity index (χ0) is 12.8. The van der Waals surface area contributed by atoms with Gasteiger partial charge in [0.1, 0.15) is 22.7 Å². The van der Waals surface area contributed by atoms with Crippen molar-refractivity contribution in [3.8, 4) is 5.88 Å². The fourth-order valence-corrected chi connectivity index (χ4v) is 2.68. The van der Waals surface area contributed by atoms with Gasteiger partial charge in [-0.1, -0.05) is 12.8 Å². The van der Waals surface area contributed by atoms with E-state index in [-0.39, 0.29) is 0 Å². The SMILES string of the molecule is CCNc1ncnc(OC2CCCCCC2)c1Br. The van der Waals surface area contributed by atoms with Crippen molar-refractivity contribution >= 4 is 21.7 Å². The Hall–Kier alpha value is -0.840. The molecule has 0 amide bonds. The van der Waals surface area contributed by atoms with E-state index in [1.165, 1.54) is 25.7 Å². The average molecular weight is 314 g/mol. The number of halogens is 1. The molecule has 1 saturated carbocycles. The van der Waals surface area contributed by atoms with Crippen molar-refractivity contribution in [2.24, 2.45) is 0 Å². The van der Waals surface area contributed by atoms with E-state index in [9.17, 15) is 0 Å². The quantitative estimate of drug-likeness (QED) is 0.859. The van der Waals surface area contributed by atoms with Crippen molar-refractivity contribution in [3.63, 3.8) is 0 Å². The molecule has 18 heavy (non-hydrogen) atoms. The average Bonchev–Trinajstić information content (AvgIpc) is 2.63. The van der Waals surface area contributed by atoms with Crippen LogP contribution in [0.3, 0.4) is 0 Å². The van der Waals surface area contributed by atoms with Crippen LogP contribution in [0.1, 0.15) is 45.4 Å². The molecule has 4 nitrogen and oxygen atoms in total. The van der Waals surface area contributed by atoms with Crippen molar-refractivity contribution in [1.29, 1.82) is 0 Å². The van der Waals surface area contributed by atoms with Gasteiger partial charge in [-0.15, -0.1) is 0 Å². The number of anilines is 1. The van der Waals surface area contributed by atoms with Gasteiger partial charge < -0.3 is 10.1 Å². The van der Waals surface area contributed by atoms with Crippen LogP contribution in [0.5, 0.6) is 5.88 Å². The fraction of sp³-hybridized carbons (Fsp3) is 0.692. The summed E-state index contributed by atoms with van der Waals surface area (Å²) in [6.07, 6.45) is 9.28. The summed E-state index contributed by atoms with van der Waals surface area (Å²) in [6, 6.07) is 0. The van der Waals surface area contributed by atoms with Crippen molar-refractivity contribution in [2.45, 2.75) is 51.6 Å². The third kappa shape index (κ3) is 3.57. The van der Waals surface area contributed by atoms with Crippen molar-refractivity contribution in [2.75, 3.05) is 11.9 Å². The van der Waals surface area contributed by atoms with E-state index < -0.39 is 0 Å². The van der Waals surface area contributed by atoms with Crippen molar-refractivity contribution in [1.82, 2.24) is 9.97 Å².